The van der Waals surface area contributed by atoms with E-state index in [9.17, 15) is 14.7 Å². The van der Waals surface area contributed by atoms with E-state index in [2.05, 4.69) is 32.3 Å². The predicted molar refractivity (Wildman–Crippen MR) is 134 cm³/mol. The van der Waals surface area contributed by atoms with Crippen LogP contribution in [-0.4, -0.2) is 70.6 Å². The van der Waals surface area contributed by atoms with Crippen LogP contribution < -0.4 is 15.0 Å². The number of H-pyrrole nitrogens is 1. The first-order valence-electron chi connectivity index (χ1n) is 12.0. The first-order chi connectivity index (χ1) is 17.9. The van der Waals surface area contributed by atoms with Crippen LogP contribution >= 0.6 is 0 Å². The van der Waals surface area contributed by atoms with Gasteiger partial charge in [-0.15, -0.1) is 5.10 Å². The van der Waals surface area contributed by atoms with Crippen LogP contribution in [0.4, 0.5) is 5.69 Å². The van der Waals surface area contributed by atoms with E-state index >= 15 is 0 Å². The average Bonchev–Trinajstić information content (AvgIpc) is 3.35. The molecule has 1 unspecified atom stereocenters. The molecular formula is C27H27N5O5. The second-order valence-electron chi connectivity index (χ2n) is 9.08. The maximum atomic E-state index is 13.2. The number of benzene rings is 2. The van der Waals surface area contributed by atoms with Crippen molar-refractivity contribution in [1.29, 1.82) is 0 Å². The summed E-state index contributed by atoms with van der Waals surface area (Å²) in [5.74, 6) is 6.01. The third-order valence-corrected chi connectivity index (χ3v) is 6.37. The number of carbonyl (C=O) groups excluding carboxylic acids is 2. The number of nitrogens with zero attached hydrogens (tertiary/aromatic N) is 3. The molecule has 190 valence electrons. The molecule has 10 nitrogen and oxygen atoms in total. The average molecular weight is 502 g/mol. The van der Waals surface area contributed by atoms with Crippen molar-refractivity contribution in [3.8, 4) is 17.6 Å². The first-order valence-corrected chi connectivity index (χ1v) is 12.0. The summed E-state index contributed by atoms with van der Waals surface area (Å²) in [5.41, 5.74) is 1.11. The van der Waals surface area contributed by atoms with Gasteiger partial charge in [-0.25, -0.2) is 4.98 Å². The molecule has 2 amide bonds. The van der Waals surface area contributed by atoms with Gasteiger partial charge in [-0.2, -0.15) is 0 Å². The number of anilines is 1. The van der Waals surface area contributed by atoms with Crippen molar-refractivity contribution in [1.82, 2.24) is 20.5 Å². The molecule has 3 aromatic rings. The van der Waals surface area contributed by atoms with Gasteiger partial charge in [-0.3, -0.25) is 14.7 Å². The van der Waals surface area contributed by atoms with E-state index in [-0.39, 0.29) is 18.3 Å². The maximum absolute atomic E-state index is 13.2. The van der Waals surface area contributed by atoms with Gasteiger partial charge in [0.15, 0.2) is 0 Å². The molecule has 0 saturated carbocycles. The molecule has 0 bridgehead atoms. The van der Waals surface area contributed by atoms with Gasteiger partial charge >= 0.3 is 0 Å². The SMILES string of the molecule is CN1C(=O)C(NC(=O)c2n[nH]c(Cc3ccccc3)n2)COc2ccc(C#CC3(O)CCOCC3)cc21. The van der Waals surface area contributed by atoms with Crippen LogP contribution in [0.25, 0.3) is 0 Å². The highest BCUT2D eigenvalue weighted by Crippen LogP contribution is 2.31. The molecule has 37 heavy (non-hydrogen) atoms. The number of likely N-dealkylation sites (N-methyl/N-ethyl adjacent to an activating group) is 1. The molecule has 1 saturated heterocycles. The molecule has 3 N–H and O–H groups in total. The number of fused-ring (bicyclic) bond motifs is 1. The fourth-order valence-corrected chi connectivity index (χ4v) is 4.19. The van der Waals surface area contributed by atoms with Gasteiger partial charge in [-0.05, 0) is 23.8 Å². The zero-order valence-electron chi connectivity index (χ0n) is 20.4. The Morgan fingerprint density at radius 3 is 2.81 bits per heavy atom. The Kier molecular flexibility index (Phi) is 6.90. The summed E-state index contributed by atoms with van der Waals surface area (Å²) < 4.78 is 11.1. The Labute approximate surface area is 214 Å². The molecule has 1 fully saturated rings. The standard InChI is InChI=1S/C27H27N5O5/c1-32-21-15-19(9-10-27(35)11-13-36-14-12-27)7-8-22(21)37-17-20(26(32)34)28-25(33)24-29-23(30-31-24)16-18-5-3-2-4-6-18/h2-8,15,20,35H,11-14,16-17H2,1H3,(H,28,33)(H,29,30,31). The van der Waals surface area contributed by atoms with Crippen LogP contribution in [-0.2, 0) is 16.0 Å². The molecule has 0 radical (unpaired) electrons. The summed E-state index contributed by atoms with van der Waals surface area (Å²) in [7, 11) is 1.61. The number of carbonyl (C=O) groups is 2. The van der Waals surface area contributed by atoms with E-state index in [0.717, 1.165) is 5.56 Å². The lowest BCUT2D eigenvalue weighted by molar-refractivity contribution is -0.120. The zero-order chi connectivity index (χ0) is 25.8. The number of hydrogen-bond acceptors (Lipinski definition) is 7. The first kappa shape index (κ1) is 24.5. The number of aromatic nitrogens is 3. The molecule has 1 atom stereocenters. The fraction of sp³-hybridized carbons (Fsp3) is 0.333. The Hall–Kier alpha value is -4.20. The van der Waals surface area contributed by atoms with Gasteiger partial charge in [0.05, 0.1) is 18.9 Å². The topological polar surface area (TPSA) is 130 Å². The lowest BCUT2D eigenvalue weighted by Gasteiger charge is -2.26. The third-order valence-electron chi connectivity index (χ3n) is 6.37. The summed E-state index contributed by atoms with van der Waals surface area (Å²) in [6, 6.07) is 14.0. The summed E-state index contributed by atoms with van der Waals surface area (Å²) in [5, 5.41) is 20.1. The van der Waals surface area contributed by atoms with Crippen molar-refractivity contribution >= 4 is 17.5 Å². The third kappa shape index (κ3) is 5.63. The summed E-state index contributed by atoms with van der Waals surface area (Å²) in [6.45, 7) is 0.888. The molecule has 2 aliphatic heterocycles. The second-order valence-corrected chi connectivity index (χ2v) is 9.08. The number of aromatic amines is 1. The van der Waals surface area contributed by atoms with Crippen molar-refractivity contribution in [2.24, 2.45) is 0 Å². The van der Waals surface area contributed by atoms with E-state index < -0.39 is 17.6 Å². The summed E-state index contributed by atoms with van der Waals surface area (Å²) in [6.07, 6.45) is 1.40. The minimum absolute atomic E-state index is 0.0476. The number of aliphatic hydroxyl groups is 1. The van der Waals surface area contributed by atoms with E-state index in [1.54, 1.807) is 25.2 Å². The Bertz CT molecular complexity index is 1350. The highest BCUT2D eigenvalue weighted by molar-refractivity contribution is 6.02. The van der Waals surface area contributed by atoms with Crippen LogP contribution in [0.15, 0.2) is 48.5 Å². The van der Waals surface area contributed by atoms with Gasteiger partial charge in [0.2, 0.25) is 5.82 Å². The van der Waals surface area contributed by atoms with E-state index in [4.69, 9.17) is 9.47 Å². The zero-order valence-corrected chi connectivity index (χ0v) is 20.4. The minimum atomic E-state index is -1.08. The minimum Gasteiger partial charge on any atom is -0.489 e. The quantitative estimate of drug-likeness (QED) is 0.462. The maximum Gasteiger partial charge on any atom is 0.291 e. The fourth-order valence-electron chi connectivity index (χ4n) is 4.19. The smallest absolute Gasteiger partial charge is 0.291 e. The number of rotatable bonds is 4. The van der Waals surface area contributed by atoms with Gasteiger partial charge in [0.1, 0.15) is 29.8 Å². The predicted octanol–water partition coefficient (Wildman–Crippen LogP) is 1.44. The van der Waals surface area contributed by atoms with Crippen molar-refractivity contribution in [3.63, 3.8) is 0 Å². The summed E-state index contributed by atoms with van der Waals surface area (Å²) in [4.78, 5) is 31.7. The molecule has 3 heterocycles. The van der Waals surface area contributed by atoms with Gasteiger partial charge in [0, 0.05) is 31.9 Å². The van der Waals surface area contributed by atoms with Crippen LogP contribution in [0, 0.1) is 11.8 Å². The van der Waals surface area contributed by atoms with Gasteiger partial charge in [0.25, 0.3) is 11.8 Å². The van der Waals surface area contributed by atoms with Crippen LogP contribution in [0.1, 0.15) is 40.4 Å². The summed E-state index contributed by atoms with van der Waals surface area (Å²) >= 11 is 0. The largest absolute Gasteiger partial charge is 0.489 e. The van der Waals surface area contributed by atoms with Crippen molar-refractivity contribution in [3.05, 3.63) is 71.3 Å². The monoisotopic (exact) mass is 501 g/mol. The lowest BCUT2D eigenvalue weighted by Crippen LogP contribution is -2.49. The Morgan fingerprint density at radius 2 is 2.03 bits per heavy atom. The highest BCUT2D eigenvalue weighted by atomic mass is 16.5. The van der Waals surface area contributed by atoms with Crippen molar-refractivity contribution in [2.45, 2.75) is 30.9 Å². The molecule has 5 rings (SSSR count). The van der Waals surface area contributed by atoms with Crippen LogP contribution in [0.3, 0.4) is 0 Å². The molecule has 10 heteroatoms. The number of ether oxygens (including phenoxy) is 2. The Morgan fingerprint density at radius 1 is 1.24 bits per heavy atom. The molecular weight excluding hydrogens is 474 g/mol. The number of amides is 2. The van der Waals surface area contributed by atoms with Gasteiger partial charge in [-0.1, -0.05) is 42.2 Å². The Balaban J connectivity index is 1.26. The molecule has 2 aromatic carbocycles. The van der Waals surface area contributed by atoms with Gasteiger partial charge < -0.3 is 24.8 Å². The van der Waals surface area contributed by atoms with E-state index in [0.29, 0.717) is 55.3 Å². The van der Waals surface area contributed by atoms with E-state index in [1.807, 2.05) is 30.3 Å². The van der Waals surface area contributed by atoms with Crippen molar-refractivity contribution < 1.29 is 24.2 Å². The molecule has 0 aliphatic carbocycles. The lowest BCUT2D eigenvalue weighted by atomic mass is 9.95. The molecule has 0 spiro atoms. The highest BCUT2D eigenvalue weighted by Gasteiger charge is 2.32. The molecule has 2 aliphatic rings. The molecule has 1 aromatic heterocycles. The number of nitrogens with one attached hydrogen (secondary N) is 2. The van der Waals surface area contributed by atoms with E-state index in [1.165, 1.54) is 4.90 Å². The second kappa shape index (κ2) is 10.4. The van der Waals surface area contributed by atoms with Crippen LogP contribution in [0.5, 0.6) is 5.75 Å². The normalized spacial score (nSPS) is 18.6. The number of hydrogen-bond donors (Lipinski definition) is 3. The van der Waals surface area contributed by atoms with Crippen LogP contribution in [0.2, 0.25) is 0 Å². The van der Waals surface area contributed by atoms with Crippen molar-refractivity contribution in [2.75, 3.05) is 31.8 Å².